The van der Waals surface area contributed by atoms with Gasteiger partial charge < -0.3 is 24.0 Å². The van der Waals surface area contributed by atoms with Crippen molar-refractivity contribution in [2.75, 3.05) is 46.2 Å². The third-order valence-corrected chi connectivity index (χ3v) is 5.42. The molecule has 0 bridgehead atoms. The minimum absolute atomic E-state index is 0.00819. The first-order valence-corrected chi connectivity index (χ1v) is 9.66. The second-order valence-electron chi connectivity index (χ2n) is 6.33. The highest BCUT2D eigenvalue weighted by Crippen LogP contribution is 2.32. The van der Waals surface area contributed by atoms with Crippen LogP contribution in [0.5, 0.6) is 11.5 Å². The van der Waals surface area contributed by atoms with E-state index in [1.54, 1.807) is 35.7 Å². The number of ether oxygens (including phenoxy) is 3. The maximum atomic E-state index is 13.1. The molecule has 8 heteroatoms. The largest absolute Gasteiger partial charge is 0.454 e. The van der Waals surface area contributed by atoms with Gasteiger partial charge in [-0.3, -0.25) is 4.79 Å². The van der Waals surface area contributed by atoms with Crippen LogP contribution < -0.4 is 14.4 Å². The van der Waals surface area contributed by atoms with E-state index in [4.69, 9.17) is 14.2 Å². The van der Waals surface area contributed by atoms with E-state index in [2.05, 4.69) is 4.98 Å². The summed E-state index contributed by atoms with van der Waals surface area (Å²) in [5, 5.41) is 2.88. The van der Waals surface area contributed by atoms with Gasteiger partial charge in [0.2, 0.25) is 6.79 Å². The van der Waals surface area contributed by atoms with Crippen molar-refractivity contribution < 1.29 is 23.9 Å². The molecular formula is C18H22N3O4S+. The number of carbonyl (C=O) groups is 1. The minimum atomic E-state index is -0.00819. The fraction of sp³-hybridized carbons (Fsp3) is 0.444. The van der Waals surface area contributed by atoms with Gasteiger partial charge in [0.05, 0.1) is 32.8 Å². The predicted molar refractivity (Wildman–Crippen MR) is 95.8 cm³/mol. The van der Waals surface area contributed by atoms with Crippen LogP contribution >= 0.6 is 11.3 Å². The number of hydrogen-bond acceptors (Lipinski definition) is 6. The van der Waals surface area contributed by atoms with Crippen LogP contribution in [0.2, 0.25) is 0 Å². The molecule has 2 aromatic rings. The fourth-order valence-corrected chi connectivity index (χ4v) is 3.79. The molecule has 0 unspecified atom stereocenters. The van der Waals surface area contributed by atoms with E-state index < -0.39 is 0 Å². The number of benzene rings is 1. The van der Waals surface area contributed by atoms with Gasteiger partial charge in [0.15, 0.2) is 11.5 Å². The van der Waals surface area contributed by atoms with Crippen molar-refractivity contribution in [1.82, 2.24) is 9.88 Å². The Morgan fingerprint density at radius 3 is 2.88 bits per heavy atom. The first kappa shape index (κ1) is 17.3. The van der Waals surface area contributed by atoms with Gasteiger partial charge in [-0.05, 0) is 18.2 Å². The average Bonchev–Trinajstić information content (AvgIpc) is 3.36. The summed E-state index contributed by atoms with van der Waals surface area (Å²) in [5.41, 5.74) is 0.614. The van der Waals surface area contributed by atoms with Crippen molar-refractivity contribution in [2.24, 2.45) is 0 Å². The van der Waals surface area contributed by atoms with Crippen molar-refractivity contribution in [2.45, 2.75) is 6.54 Å². The zero-order chi connectivity index (χ0) is 17.8. The molecule has 1 amide bonds. The molecular weight excluding hydrogens is 354 g/mol. The molecule has 3 heterocycles. The third-order valence-electron chi connectivity index (χ3n) is 4.65. The minimum Gasteiger partial charge on any atom is -0.454 e. The van der Waals surface area contributed by atoms with Gasteiger partial charge in [-0.1, -0.05) is 0 Å². The van der Waals surface area contributed by atoms with Gasteiger partial charge in [0.1, 0.15) is 18.1 Å². The molecule has 7 nitrogen and oxygen atoms in total. The van der Waals surface area contributed by atoms with Crippen LogP contribution in [0, 0.1) is 0 Å². The Hall–Kier alpha value is -2.16. The molecule has 0 radical (unpaired) electrons. The summed E-state index contributed by atoms with van der Waals surface area (Å²) in [7, 11) is 0. The Morgan fingerprint density at radius 2 is 2.08 bits per heavy atom. The van der Waals surface area contributed by atoms with Gasteiger partial charge in [-0.25, -0.2) is 4.98 Å². The van der Waals surface area contributed by atoms with Crippen LogP contribution in [-0.2, 0) is 11.3 Å². The van der Waals surface area contributed by atoms with Crippen LogP contribution in [0.15, 0.2) is 29.8 Å². The van der Waals surface area contributed by atoms with Crippen molar-refractivity contribution in [3.8, 4) is 11.5 Å². The number of morpholine rings is 1. The van der Waals surface area contributed by atoms with Crippen molar-refractivity contribution in [1.29, 1.82) is 0 Å². The van der Waals surface area contributed by atoms with Gasteiger partial charge in [0.25, 0.3) is 5.91 Å². The standard InChI is InChI=1S/C18H21N3O4S/c22-18(14-1-2-15-16(11-14)25-13-24-15)21(12-17-19-3-10-26-17)5-4-20-6-8-23-9-7-20/h1-3,10-11H,4-9,12-13H2/p+1. The van der Waals surface area contributed by atoms with Crippen molar-refractivity contribution in [3.63, 3.8) is 0 Å². The summed E-state index contributed by atoms with van der Waals surface area (Å²) in [6.07, 6.45) is 1.77. The first-order chi connectivity index (χ1) is 12.8. The molecule has 0 spiro atoms. The van der Waals surface area contributed by atoms with E-state index in [1.807, 2.05) is 10.3 Å². The molecule has 1 aromatic heterocycles. The highest BCUT2D eigenvalue weighted by Gasteiger charge is 2.23. The molecule has 1 fully saturated rings. The van der Waals surface area contributed by atoms with Crippen LogP contribution in [-0.4, -0.2) is 62.0 Å². The summed E-state index contributed by atoms with van der Waals surface area (Å²) in [4.78, 5) is 20.8. The molecule has 4 rings (SSSR count). The summed E-state index contributed by atoms with van der Waals surface area (Å²) in [5.74, 6) is 1.31. The van der Waals surface area contributed by atoms with E-state index in [0.29, 0.717) is 30.2 Å². The molecule has 1 aromatic carbocycles. The Balaban J connectivity index is 1.48. The summed E-state index contributed by atoms with van der Waals surface area (Å²) in [6, 6.07) is 5.36. The lowest BCUT2D eigenvalue weighted by Gasteiger charge is -2.27. The monoisotopic (exact) mass is 376 g/mol. The van der Waals surface area contributed by atoms with Crippen LogP contribution in [0.4, 0.5) is 0 Å². The second-order valence-corrected chi connectivity index (χ2v) is 7.31. The number of hydrogen-bond donors (Lipinski definition) is 1. The smallest absolute Gasteiger partial charge is 0.254 e. The molecule has 138 valence electrons. The lowest BCUT2D eigenvalue weighted by atomic mass is 10.1. The van der Waals surface area contributed by atoms with E-state index >= 15 is 0 Å². The van der Waals surface area contributed by atoms with Gasteiger partial charge in [-0.2, -0.15) is 0 Å². The number of nitrogens with one attached hydrogen (secondary N) is 1. The average molecular weight is 376 g/mol. The molecule has 2 aliphatic heterocycles. The zero-order valence-corrected chi connectivity index (χ0v) is 15.3. The SMILES string of the molecule is O=C(c1ccc2c(c1)OCO2)N(CC[NH+]1CCOCC1)Cc1nccs1. The topological polar surface area (TPSA) is 65.3 Å². The van der Waals surface area contributed by atoms with E-state index in [9.17, 15) is 4.79 Å². The van der Waals surface area contributed by atoms with E-state index in [-0.39, 0.29) is 12.7 Å². The molecule has 0 atom stereocenters. The Kier molecular flexibility index (Phi) is 5.33. The summed E-state index contributed by atoms with van der Waals surface area (Å²) < 4.78 is 16.2. The van der Waals surface area contributed by atoms with Crippen molar-refractivity contribution in [3.05, 3.63) is 40.3 Å². The normalized spacial score (nSPS) is 16.6. The number of nitrogens with zero attached hydrogens (tertiary/aromatic N) is 2. The Bertz CT molecular complexity index is 747. The van der Waals surface area contributed by atoms with E-state index in [0.717, 1.165) is 37.9 Å². The van der Waals surface area contributed by atoms with Gasteiger partial charge in [0, 0.05) is 17.1 Å². The highest BCUT2D eigenvalue weighted by atomic mass is 32.1. The van der Waals surface area contributed by atoms with Gasteiger partial charge >= 0.3 is 0 Å². The number of rotatable bonds is 6. The number of amides is 1. The van der Waals surface area contributed by atoms with Crippen LogP contribution in [0.3, 0.4) is 0 Å². The Labute approximate surface area is 156 Å². The number of aromatic nitrogens is 1. The number of thiazole rings is 1. The van der Waals surface area contributed by atoms with Crippen LogP contribution in [0.1, 0.15) is 15.4 Å². The molecule has 26 heavy (non-hydrogen) atoms. The predicted octanol–water partition coefficient (Wildman–Crippen LogP) is 0.429. The Morgan fingerprint density at radius 1 is 1.23 bits per heavy atom. The third kappa shape index (κ3) is 3.98. The zero-order valence-electron chi connectivity index (χ0n) is 14.5. The lowest BCUT2D eigenvalue weighted by molar-refractivity contribution is -0.907. The second kappa shape index (κ2) is 8.03. The van der Waals surface area contributed by atoms with E-state index in [1.165, 1.54) is 4.90 Å². The quantitative estimate of drug-likeness (QED) is 0.792. The molecule has 0 saturated carbocycles. The molecule has 1 N–H and O–H groups in total. The molecule has 0 aliphatic carbocycles. The fourth-order valence-electron chi connectivity index (χ4n) is 3.16. The van der Waals surface area contributed by atoms with Crippen LogP contribution in [0.25, 0.3) is 0 Å². The number of carbonyl (C=O) groups excluding carboxylic acids is 1. The number of fused-ring (bicyclic) bond motifs is 1. The number of quaternary nitrogens is 1. The molecule has 1 saturated heterocycles. The first-order valence-electron chi connectivity index (χ1n) is 8.78. The van der Waals surface area contributed by atoms with Crippen molar-refractivity contribution >= 4 is 17.2 Å². The lowest BCUT2D eigenvalue weighted by Crippen LogP contribution is -3.14. The summed E-state index contributed by atoms with van der Waals surface area (Å²) >= 11 is 1.57. The maximum Gasteiger partial charge on any atom is 0.254 e. The molecule has 2 aliphatic rings. The van der Waals surface area contributed by atoms with Gasteiger partial charge in [-0.15, -0.1) is 11.3 Å². The summed E-state index contributed by atoms with van der Waals surface area (Å²) in [6.45, 7) is 5.88. The maximum absolute atomic E-state index is 13.1. The highest BCUT2D eigenvalue weighted by molar-refractivity contribution is 7.09.